The molecule has 0 aliphatic carbocycles. The van der Waals surface area contributed by atoms with Crippen molar-refractivity contribution in [2.75, 3.05) is 33.2 Å². The summed E-state index contributed by atoms with van der Waals surface area (Å²) in [5.41, 5.74) is 0. The summed E-state index contributed by atoms with van der Waals surface area (Å²) in [6, 6.07) is 0.170. The Morgan fingerprint density at radius 2 is 1.71 bits per heavy atom. The molecular formula is C11H23N3O2S. The first-order chi connectivity index (χ1) is 8.12. The summed E-state index contributed by atoms with van der Waals surface area (Å²) in [7, 11) is -1.49. The molecule has 5 nitrogen and oxygen atoms in total. The minimum atomic E-state index is -3.22. The Morgan fingerprint density at radius 1 is 1.12 bits per heavy atom. The molecule has 17 heavy (non-hydrogen) atoms. The van der Waals surface area contributed by atoms with Crippen LogP contribution >= 0.6 is 0 Å². The van der Waals surface area contributed by atoms with Gasteiger partial charge in [0, 0.05) is 26.2 Å². The molecule has 0 radical (unpaired) electrons. The van der Waals surface area contributed by atoms with Crippen molar-refractivity contribution in [1.82, 2.24) is 13.9 Å². The van der Waals surface area contributed by atoms with Crippen LogP contribution in [0.15, 0.2) is 0 Å². The summed E-state index contributed by atoms with van der Waals surface area (Å²) in [5.74, 6) is 0. The highest BCUT2D eigenvalue weighted by Crippen LogP contribution is 2.20. The topological polar surface area (TPSA) is 52.7 Å². The van der Waals surface area contributed by atoms with E-state index in [0.29, 0.717) is 13.1 Å². The highest BCUT2D eigenvalue weighted by molar-refractivity contribution is 7.86. The molecule has 0 amide bonds. The average Bonchev–Trinajstić information content (AvgIpc) is 2.40. The van der Waals surface area contributed by atoms with Crippen molar-refractivity contribution in [3.05, 3.63) is 0 Å². The van der Waals surface area contributed by atoms with Crippen LogP contribution in [0.1, 0.15) is 32.1 Å². The minimum absolute atomic E-state index is 0.170. The predicted molar refractivity (Wildman–Crippen MR) is 68.0 cm³/mol. The van der Waals surface area contributed by atoms with Crippen LogP contribution in [0.3, 0.4) is 0 Å². The van der Waals surface area contributed by atoms with Gasteiger partial charge in [-0.25, -0.2) is 0 Å². The fraction of sp³-hybridized carbons (Fsp3) is 1.00. The molecular weight excluding hydrogens is 238 g/mol. The third kappa shape index (κ3) is 2.99. The Labute approximate surface area is 104 Å². The standard InChI is InChI=1S/C11H23N3O2S/c1-13(11-5-7-12-8-6-11)17(15,16)14-9-3-2-4-10-14/h11-12H,2-10H2,1H3. The van der Waals surface area contributed by atoms with Gasteiger partial charge < -0.3 is 5.32 Å². The van der Waals surface area contributed by atoms with Gasteiger partial charge in [-0.1, -0.05) is 6.42 Å². The first kappa shape index (κ1) is 13.3. The Hall–Kier alpha value is -0.170. The molecule has 0 aromatic heterocycles. The minimum Gasteiger partial charge on any atom is -0.317 e. The third-order valence-electron chi connectivity index (χ3n) is 3.83. The molecule has 2 rings (SSSR count). The summed E-state index contributed by atoms with van der Waals surface area (Å²) in [5, 5.41) is 3.27. The number of nitrogens with one attached hydrogen (secondary N) is 1. The lowest BCUT2D eigenvalue weighted by atomic mass is 10.1. The summed E-state index contributed by atoms with van der Waals surface area (Å²) in [6.45, 7) is 3.23. The number of hydrogen-bond donors (Lipinski definition) is 1. The maximum absolute atomic E-state index is 12.4. The van der Waals surface area contributed by atoms with Gasteiger partial charge in [0.25, 0.3) is 10.2 Å². The lowest BCUT2D eigenvalue weighted by Gasteiger charge is -2.36. The highest BCUT2D eigenvalue weighted by Gasteiger charge is 2.33. The Balaban J connectivity index is 2.02. The van der Waals surface area contributed by atoms with E-state index in [1.165, 1.54) is 0 Å². The van der Waals surface area contributed by atoms with E-state index in [1.807, 2.05) is 0 Å². The maximum Gasteiger partial charge on any atom is 0.281 e. The van der Waals surface area contributed by atoms with Crippen molar-refractivity contribution in [2.45, 2.75) is 38.1 Å². The smallest absolute Gasteiger partial charge is 0.281 e. The molecule has 2 saturated heterocycles. The molecule has 0 saturated carbocycles. The Kier molecular flexibility index (Phi) is 4.41. The third-order valence-corrected chi connectivity index (χ3v) is 5.87. The van der Waals surface area contributed by atoms with Gasteiger partial charge >= 0.3 is 0 Å². The van der Waals surface area contributed by atoms with E-state index in [1.54, 1.807) is 15.7 Å². The SMILES string of the molecule is CN(C1CCNCC1)S(=O)(=O)N1CCCCC1. The van der Waals surface area contributed by atoms with E-state index in [0.717, 1.165) is 45.2 Å². The monoisotopic (exact) mass is 261 g/mol. The molecule has 0 unspecified atom stereocenters. The van der Waals surface area contributed by atoms with Gasteiger partial charge in [0.05, 0.1) is 0 Å². The summed E-state index contributed by atoms with van der Waals surface area (Å²) in [6.07, 6.45) is 4.99. The normalized spacial score (nSPS) is 25.3. The number of piperidine rings is 2. The van der Waals surface area contributed by atoms with Gasteiger partial charge in [-0.05, 0) is 38.8 Å². The van der Waals surface area contributed by atoms with Gasteiger partial charge in [0.1, 0.15) is 0 Å². The molecule has 0 bridgehead atoms. The van der Waals surface area contributed by atoms with Crippen molar-refractivity contribution >= 4 is 10.2 Å². The van der Waals surface area contributed by atoms with Crippen molar-refractivity contribution in [3.63, 3.8) is 0 Å². The summed E-state index contributed by atoms with van der Waals surface area (Å²) in [4.78, 5) is 0. The predicted octanol–water partition coefficient (Wildman–Crippen LogP) is 0.401. The lowest BCUT2D eigenvalue weighted by molar-refractivity contribution is 0.259. The van der Waals surface area contributed by atoms with Crippen LogP contribution in [0.25, 0.3) is 0 Å². The van der Waals surface area contributed by atoms with Crippen LogP contribution in [-0.4, -0.2) is 56.3 Å². The van der Waals surface area contributed by atoms with Crippen LogP contribution in [0.4, 0.5) is 0 Å². The van der Waals surface area contributed by atoms with Crippen LogP contribution in [0.5, 0.6) is 0 Å². The molecule has 6 heteroatoms. The van der Waals surface area contributed by atoms with Crippen LogP contribution < -0.4 is 5.32 Å². The molecule has 0 atom stereocenters. The summed E-state index contributed by atoms with van der Waals surface area (Å²) < 4.78 is 28.1. The number of nitrogens with zero attached hydrogens (tertiary/aromatic N) is 2. The highest BCUT2D eigenvalue weighted by atomic mass is 32.2. The number of hydrogen-bond acceptors (Lipinski definition) is 3. The quantitative estimate of drug-likeness (QED) is 0.800. The molecule has 0 aromatic carbocycles. The molecule has 2 aliphatic rings. The zero-order valence-corrected chi connectivity index (χ0v) is 11.4. The Morgan fingerprint density at radius 3 is 2.29 bits per heavy atom. The molecule has 1 N–H and O–H groups in total. The van der Waals surface area contributed by atoms with E-state index in [-0.39, 0.29) is 6.04 Å². The first-order valence-electron chi connectivity index (χ1n) is 6.56. The molecule has 0 spiro atoms. The fourth-order valence-corrected chi connectivity index (χ4v) is 4.31. The zero-order valence-electron chi connectivity index (χ0n) is 10.6. The Bertz CT molecular complexity index is 333. The van der Waals surface area contributed by atoms with Crippen molar-refractivity contribution in [1.29, 1.82) is 0 Å². The molecule has 2 aliphatic heterocycles. The van der Waals surface area contributed by atoms with Crippen molar-refractivity contribution in [3.8, 4) is 0 Å². The van der Waals surface area contributed by atoms with Gasteiger partial charge in [-0.15, -0.1) is 0 Å². The van der Waals surface area contributed by atoms with Gasteiger partial charge in [-0.2, -0.15) is 17.0 Å². The maximum atomic E-state index is 12.4. The first-order valence-corrected chi connectivity index (χ1v) is 7.96. The second-order valence-corrected chi connectivity index (χ2v) is 6.95. The molecule has 2 heterocycles. The van der Waals surface area contributed by atoms with Crippen molar-refractivity contribution < 1.29 is 8.42 Å². The average molecular weight is 261 g/mol. The second-order valence-electron chi connectivity index (χ2n) is 4.96. The largest absolute Gasteiger partial charge is 0.317 e. The van der Waals surface area contributed by atoms with E-state index in [2.05, 4.69) is 5.32 Å². The molecule has 0 aromatic rings. The fourth-order valence-electron chi connectivity index (χ4n) is 2.64. The lowest BCUT2D eigenvalue weighted by Crippen LogP contribution is -2.50. The zero-order chi connectivity index (χ0) is 12.3. The van der Waals surface area contributed by atoms with Gasteiger partial charge in [0.2, 0.25) is 0 Å². The van der Waals surface area contributed by atoms with E-state index < -0.39 is 10.2 Å². The van der Waals surface area contributed by atoms with Gasteiger partial charge in [-0.3, -0.25) is 0 Å². The number of rotatable bonds is 3. The van der Waals surface area contributed by atoms with E-state index in [9.17, 15) is 8.42 Å². The van der Waals surface area contributed by atoms with E-state index >= 15 is 0 Å². The summed E-state index contributed by atoms with van der Waals surface area (Å²) >= 11 is 0. The van der Waals surface area contributed by atoms with Crippen molar-refractivity contribution in [2.24, 2.45) is 0 Å². The van der Waals surface area contributed by atoms with Crippen LogP contribution in [0.2, 0.25) is 0 Å². The van der Waals surface area contributed by atoms with Crippen LogP contribution in [-0.2, 0) is 10.2 Å². The molecule has 2 fully saturated rings. The molecule has 100 valence electrons. The van der Waals surface area contributed by atoms with E-state index in [4.69, 9.17) is 0 Å². The second kappa shape index (κ2) is 5.65. The van der Waals surface area contributed by atoms with Gasteiger partial charge in [0.15, 0.2) is 0 Å². The van der Waals surface area contributed by atoms with Crippen LogP contribution in [0, 0.1) is 0 Å².